The summed E-state index contributed by atoms with van der Waals surface area (Å²) in [6.07, 6.45) is 3.98. The fourth-order valence-corrected chi connectivity index (χ4v) is 3.53. The molecule has 0 fully saturated rings. The normalized spacial score (nSPS) is 16.8. The second kappa shape index (κ2) is 7.28. The predicted molar refractivity (Wildman–Crippen MR) is 113 cm³/mol. The first-order valence-electron chi connectivity index (χ1n) is 9.63. The van der Waals surface area contributed by atoms with Crippen LogP contribution in [0.2, 0.25) is 0 Å². The van der Waals surface area contributed by atoms with E-state index in [-0.39, 0.29) is 11.9 Å². The fourth-order valence-electron chi connectivity index (χ4n) is 3.53. The number of ether oxygens (including phenoxy) is 1. The highest BCUT2D eigenvalue weighted by Gasteiger charge is 2.38. The number of benzene rings is 2. The van der Waals surface area contributed by atoms with Crippen molar-refractivity contribution in [2.45, 2.75) is 33.2 Å². The van der Waals surface area contributed by atoms with E-state index in [1.165, 1.54) is 0 Å². The van der Waals surface area contributed by atoms with Gasteiger partial charge in [-0.2, -0.15) is 5.10 Å². The number of methoxy groups -OCH3 is 1. The molecule has 0 aliphatic carbocycles. The Morgan fingerprint density at radius 2 is 1.79 bits per heavy atom. The van der Waals surface area contributed by atoms with Gasteiger partial charge in [0.15, 0.2) is 0 Å². The molecule has 0 radical (unpaired) electrons. The van der Waals surface area contributed by atoms with Gasteiger partial charge in [0.1, 0.15) is 5.75 Å². The molecule has 2 aromatic carbocycles. The van der Waals surface area contributed by atoms with Crippen LogP contribution in [0.25, 0.3) is 11.0 Å². The molecule has 4 rings (SSSR count). The minimum atomic E-state index is -0.548. The highest BCUT2D eigenvalue weighted by atomic mass is 16.5. The zero-order valence-electron chi connectivity index (χ0n) is 17.1. The molecule has 1 aliphatic rings. The Balaban J connectivity index is 1.79. The van der Waals surface area contributed by atoms with Crippen LogP contribution in [0.4, 0.5) is 0 Å². The van der Waals surface area contributed by atoms with Gasteiger partial charge in [-0.05, 0) is 35.9 Å². The van der Waals surface area contributed by atoms with Crippen molar-refractivity contribution >= 4 is 22.7 Å². The molecule has 6 nitrogen and oxygen atoms in total. The van der Waals surface area contributed by atoms with Gasteiger partial charge in [0.05, 0.1) is 29.9 Å². The molecule has 1 aliphatic heterocycles. The number of rotatable bonds is 3. The van der Waals surface area contributed by atoms with Gasteiger partial charge < -0.3 is 4.74 Å². The lowest BCUT2D eigenvalue weighted by Crippen LogP contribution is -2.36. The van der Waals surface area contributed by atoms with Crippen molar-refractivity contribution in [1.82, 2.24) is 15.0 Å². The number of nitrogens with zero attached hydrogens (tertiary/aromatic N) is 4. The molecule has 148 valence electrons. The third kappa shape index (κ3) is 3.58. The molecule has 0 bridgehead atoms. The Bertz CT molecular complexity index is 1080. The van der Waals surface area contributed by atoms with Crippen LogP contribution in [-0.4, -0.2) is 33.7 Å². The molecule has 0 unspecified atom stereocenters. The first-order valence-corrected chi connectivity index (χ1v) is 9.63. The zero-order valence-corrected chi connectivity index (χ0v) is 17.1. The molecule has 0 saturated heterocycles. The van der Waals surface area contributed by atoms with Gasteiger partial charge in [-0.25, -0.2) is 5.01 Å². The van der Waals surface area contributed by atoms with Crippen molar-refractivity contribution in [2.24, 2.45) is 10.5 Å². The average Bonchev–Trinajstić information content (AvgIpc) is 3.17. The number of fused-ring (bicyclic) bond motifs is 1. The van der Waals surface area contributed by atoms with E-state index in [1.54, 1.807) is 24.5 Å². The van der Waals surface area contributed by atoms with Crippen LogP contribution in [-0.2, 0) is 4.79 Å². The molecule has 0 saturated carbocycles. The van der Waals surface area contributed by atoms with Gasteiger partial charge >= 0.3 is 0 Å². The van der Waals surface area contributed by atoms with Crippen LogP contribution in [0.3, 0.4) is 0 Å². The standard InChI is InChI=1S/C23H24N4O2/c1-23(2,3)22(28)27-20(17-6-5-7-18-21(17)25-13-12-24-18)14-19(26-27)15-8-10-16(29-4)11-9-15/h5-13,20H,14H2,1-4H3/t20-/m1/s1. The van der Waals surface area contributed by atoms with Gasteiger partial charge in [-0.1, -0.05) is 32.9 Å². The second-order valence-corrected chi connectivity index (χ2v) is 8.17. The van der Waals surface area contributed by atoms with Crippen molar-refractivity contribution in [3.05, 3.63) is 66.0 Å². The van der Waals surface area contributed by atoms with E-state index >= 15 is 0 Å². The predicted octanol–water partition coefficient (Wildman–Crippen LogP) is 4.36. The molecule has 1 amide bonds. The highest BCUT2D eigenvalue weighted by Crippen LogP contribution is 2.38. The SMILES string of the molecule is COc1ccc(C2=NN(C(=O)C(C)(C)C)[C@@H](c3cccc4nccnc34)C2)cc1. The van der Waals surface area contributed by atoms with Crippen molar-refractivity contribution in [1.29, 1.82) is 0 Å². The Morgan fingerprint density at radius 1 is 1.07 bits per heavy atom. The number of amides is 1. The Kier molecular flexibility index (Phi) is 4.78. The summed E-state index contributed by atoms with van der Waals surface area (Å²) in [7, 11) is 1.64. The molecule has 0 N–H and O–H groups in total. The highest BCUT2D eigenvalue weighted by molar-refractivity contribution is 6.04. The largest absolute Gasteiger partial charge is 0.497 e. The van der Waals surface area contributed by atoms with E-state index in [9.17, 15) is 4.79 Å². The lowest BCUT2D eigenvalue weighted by molar-refractivity contribution is -0.141. The van der Waals surface area contributed by atoms with Crippen LogP contribution in [0.5, 0.6) is 5.75 Å². The topological polar surface area (TPSA) is 67.7 Å². The van der Waals surface area contributed by atoms with E-state index < -0.39 is 5.41 Å². The van der Waals surface area contributed by atoms with Crippen LogP contribution in [0.1, 0.15) is 44.4 Å². The van der Waals surface area contributed by atoms with Crippen molar-refractivity contribution in [3.8, 4) is 5.75 Å². The number of para-hydroxylation sites is 1. The van der Waals surface area contributed by atoms with Crippen LogP contribution < -0.4 is 4.74 Å². The molecule has 1 atom stereocenters. The van der Waals surface area contributed by atoms with E-state index in [4.69, 9.17) is 9.84 Å². The summed E-state index contributed by atoms with van der Waals surface area (Å²) in [5.74, 6) is 0.766. The van der Waals surface area contributed by atoms with Gasteiger partial charge in [0.25, 0.3) is 0 Å². The first kappa shape index (κ1) is 19.1. The Morgan fingerprint density at radius 3 is 2.48 bits per heavy atom. The zero-order chi connectivity index (χ0) is 20.6. The Hall–Kier alpha value is -3.28. The van der Waals surface area contributed by atoms with Gasteiger partial charge in [-0.3, -0.25) is 14.8 Å². The Labute approximate surface area is 170 Å². The second-order valence-electron chi connectivity index (χ2n) is 8.17. The summed E-state index contributed by atoms with van der Waals surface area (Å²) in [6, 6.07) is 13.4. The number of carbonyl (C=O) groups is 1. The quantitative estimate of drug-likeness (QED) is 0.668. The average molecular weight is 388 g/mol. The summed E-state index contributed by atoms with van der Waals surface area (Å²) >= 11 is 0. The van der Waals surface area contributed by atoms with Gasteiger partial charge in [-0.15, -0.1) is 0 Å². The summed E-state index contributed by atoms with van der Waals surface area (Å²) in [4.78, 5) is 22.2. The molecular weight excluding hydrogens is 364 g/mol. The van der Waals surface area contributed by atoms with Crippen LogP contribution >= 0.6 is 0 Å². The summed E-state index contributed by atoms with van der Waals surface area (Å²) < 4.78 is 5.25. The number of hydrazone groups is 1. The number of hydrogen-bond acceptors (Lipinski definition) is 5. The smallest absolute Gasteiger partial charge is 0.248 e. The third-order valence-electron chi connectivity index (χ3n) is 5.07. The van der Waals surface area contributed by atoms with Gasteiger partial charge in [0.2, 0.25) is 5.91 Å². The van der Waals surface area contributed by atoms with Crippen LogP contribution in [0, 0.1) is 5.41 Å². The number of carbonyl (C=O) groups excluding carboxylic acids is 1. The molecule has 1 aromatic heterocycles. The van der Waals surface area contributed by atoms with E-state index in [2.05, 4.69) is 9.97 Å². The van der Waals surface area contributed by atoms with E-state index in [1.807, 2.05) is 63.2 Å². The number of aromatic nitrogens is 2. The maximum absolute atomic E-state index is 13.2. The van der Waals surface area contributed by atoms with Crippen LogP contribution in [0.15, 0.2) is 60.0 Å². The van der Waals surface area contributed by atoms with Crippen molar-refractivity contribution in [2.75, 3.05) is 7.11 Å². The molecule has 2 heterocycles. The first-order chi connectivity index (χ1) is 13.9. The van der Waals surface area contributed by atoms with Crippen molar-refractivity contribution in [3.63, 3.8) is 0 Å². The lowest BCUT2D eigenvalue weighted by atomic mass is 9.92. The maximum atomic E-state index is 13.2. The third-order valence-corrected chi connectivity index (χ3v) is 5.07. The van der Waals surface area contributed by atoms with Crippen molar-refractivity contribution < 1.29 is 9.53 Å². The van der Waals surface area contributed by atoms with E-state index in [0.717, 1.165) is 33.6 Å². The summed E-state index contributed by atoms with van der Waals surface area (Å²) in [5.41, 5.74) is 3.87. The minimum Gasteiger partial charge on any atom is -0.497 e. The number of hydrogen-bond donors (Lipinski definition) is 0. The van der Waals surface area contributed by atoms with E-state index in [0.29, 0.717) is 6.42 Å². The van der Waals surface area contributed by atoms with Gasteiger partial charge in [0, 0.05) is 29.8 Å². The summed E-state index contributed by atoms with van der Waals surface area (Å²) in [6.45, 7) is 5.74. The molecule has 29 heavy (non-hydrogen) atoms. The molecular formula is C23H24N4O2. The lowest BCUT2D eigenvalue weighted by Gasteiger charge is -2.28. The minimum absolute atomic E-state index is 0.0214. The molecule has 0 spiro atoms. The fraction of sp³-hybridized carbons (Fsp3) is 0.304. The molecule has 3 aromatic rings. The molecule has 6 heteroatoms. The monoisotopic (exact) mass is 388 g/mol. The maximum Gasteiger partial charge on any atom is 0.248 e. The summed E-state index contributed by atoms with van der Waals surface area (Å²) in [5, 5.41) is 6.38.